The zero-order valence-corrected chi connectivity index (χ0v) is 12.1. The van der Waals surface area contributed by atoms with Crippen LogP contribution in [0.1, 0.15) is 29.3 Å². The summed E-state index contributed by atoms with van der Waals surface area (Å²) in [5, 5.41) is 6.20. The highest BCUT2D eigenvalue weighted by molar-refractivity contribution is 6.02. The molecule has 0 aliphatic carbocycles. The molecule has 3 aliphatic heterocycles. The summed E-state index contributed by atoms with van der Waals surface area (Å²) >= 11 is 0. The summed E-state index contributed by atoms with van der Waals surface area (Å²) in [6, 6.07) is 6.17. The van der Waals surface area contributed by atoms with E-state index in [-0.39, 0.29) is 17.9 Å². The van der Waals surface area contributed by atoms with Crippen LogP contribution >= 0.6 is 0 Å². The van der Waals surface area contributed by atoms with E-state index in [1.54, 1.807) is 0 Å². The quantitative estimate of drug-likeness (QED) is 0.809. The largest absolute Gasteiger partial charge is 0.331 e. The van der Waals surface area contributed by atoms with Crippen LogP contribution < -0.4 is 10.6 Å². The van der Waals surface area contributed by atoms with E-state index in [4.69, 9.17) is 0 Å². The predicted molar refractivity (Wildman–Crippen MR) is 79.2 cm³/mol. The highest BCUT2D eigenvalue weighted by atomic mass is 16.2. The molecule has 4 rings (SSSR count). The van der Waals surface area contributed by atoms with E-state index in [0.29, 0.717) is 23.9 Å². The van der Waals surface area contributed by atoms with E-state index in [9.17, 15) is 9.59 Å². The molecule has 1 aromatic carbocycles. The molecule has 0 bridgehead atoms. The normalized spacial score (nSPS) is 30.2. The van der Waals surface area contributed by atoms with Crippen molar-refractivity contribution in [3.05, 3.63) is 29.3 Å². The first-order valence-corrected chi connectivity index (χ1v) is 7.59. The molecule has 0 saturated carbocycles. The highest BCUT2D eigenvalue weighted by Crippen LogP contribution is 2.34. The number of hydrogen-bond acceptors (Lipinski definition) is 3. The van der Waals surface area contributed by atoms with Crippen molar-refractivity contribution in [2.75, 3.05) is 18.4 Å². The molecule has 2 fully saturated rings. The molecule has 3 unspecified atom stereocenters. The molecular weight excluding hydrogens is 266 g/mol. The van der Waals surface area contributed by atoms with Crippen molar-refractivity contribution in [3.8, 4) is 0 Å². The van der Waals surface area contributed by atoms with Gasteiger partial charge in [-0.3, -0.25) is 9.59 Å². The van der Waals surface area contributed by atoms with Gasteiger partial charge in [0, 0.05) is 36.4 Å². The second-order valence-electron chi connectivity index (χ2n) is 6.38. The summed E-state index contributed by atoms with van der Waals surface area (Å²) in [7, 11) is 0. The summed E-state index contributed by atoms with van der Waals surface area (Å²) in [6.45, 7) is 4.03. The molecule has 21 heavy (non-hydrogen) atoms. The smallest absolute Gasteiger partial charge is 0.254 e. The van der Waals surface area contributed by atoms with Gasteiger partial charge in [0.15, 0.2) is 0 Å². The van der Waals surface area contributed by atoms with Gasteiger partial charge in [-0.15, -0.1) is 0 Å². The number of rotatable bonds is 1. The standard InChI is InChI=1S/C16H19N3O2/c1-9-4-12-7-17-8-14(12)19(9)16(21)11-3-2-10-6-15(20)18-13(10)5-11/h2-3,5,9,12,14,17H,4,6-8H2,1H3,(H,18,20). The van der Waals surface area contributed by atoms with Crippen molar-refractivity contribution in [1.29, 1.82) is 0 Å². The van der Waals surface area contributed by atoms with E-state index in [0.717, 1.165) is 30.8 Å². The van der Waals surface area contributed by atoms with Gasteiger partial charge < -0.3 is 15.5 Å². The third-order valence-electron chi connectivity index (χ3n) is 5.00. The molecule has 3 heterocycles. The molecule has 2 amide bonds. The fourth-order valence-electron chi connectivity index (χ4n) is 4.01. The Labute approximate surface area is 123 Å². The maximum absolute atomic E-state index is 12.9. The van der Waals surface area contributed by atoms with Crippen molar-refractivity contribution in [2.45, 2.75) is 31.8 Å². The Morgan fingerprint density at radius 3 is 3.05 bits per heavy atom. The number of carbonyl (C=O) groups is 2. The highest BCUT2D eigenvalue weighted by Gasteiger charge is 2.44. The van der Waals surface area contributed by atoms with Gasteiger partial charge in [-0.25, -0.2) is 0 Å². The van der Waals surface area contributed by atoms with Crippen LogP contribution in [0, 0.1) is 5.92 Å². The molecule has 2 saturated heterocycles. The predicted octanol–water partition coefficient (Wildman–Crippen LogP) is 1.00. The summed E-state index contributed by atoms with van der Waals surface area (Å²) < 4.78 is 0. The molecule has 1 aromatic rings. The summed E-state index contributed by atoms with van der Waals surface area (Å²) in [5.41, 5.74) is 2.44. The van der Waals surface area contributed by atoms with Crippen molar-refractivity contribution >= 4 is 17.5 Å². The Hall–Kier alpha value is -1.88. The number of amides is 2. The van der Waals surface area contributed by atoms with Crippen LogP contribution in [0.2, 0.25) is 0 Å². The zero-order chi connectivity index (χ0) is 14.6. The van der Waals surface area contributed by atoms with Crippen molar-refractivity contribution in [1.82, 2.24) is 10.2 Å². The number of nitrogens with one attached hydrogen (secondary N) is 2. The average molecular weight is 285 g/mol. The number of carbonyl (C=O) groups excluding carboxylic acids is 2. The lowest BCUT2D eigenvalue weighted by Gasteiger charge is -2.28. The fourth-order valence-corrected chi connectivity index (χ4v) is 4.01. The summed E-state index contributed by atoms with van der Waals surface area (Å²) in [5.74, 6) is 0.671. The number of anilines is 1. The van der Waals surface area contributed by atoms with Crippen molar-refractivity contribution in [3.63, 3.8) is 0 Å². The third-order valence-corrected chi connectivity index (χ3v) is 5.00. The number of fused-ring (bicyclic) bond motifs is 2. The second kappa shape index (κ2) is 4.56. The number of nitrogens with zero attached hydrogens (tertiary/aromatic N) is 1. The van der Waals surface area contributed by atoms with E-state index >= 15 is 0 Å². The second-order valence-corrected chi connectivity index (χ2v) is 6.38. The van der Waals surface area contributed by atoms with Crippen molar-refractivity contribution < 1.29 is 9.59 Å². The summed E-state index contributed by atoms with van der Waals surface area (Å²) in [4.78, 5) is 26.3. The minimum atomic E-state index is 0.00389. The Morgan fingerprint density at radius 1 is 1.33 bits per heavy atom. The Morgan fingerprint density at radius 2 is 2.19 bits per heavy atom. The Balaban J connectivity index is 1.63. The lowest BCUT2D eigenvalue weighted by molar-refractivity contribution is -0.115. The van der Waals surface area contributed by atoms with Gasteiger partial charge in [0.2, 0.25) is 5.91 Å². The minimum Gasteiger partial charge on any atom is -0.331 e. The molecule has 2 N–H and O–H groups in total. The molecule has 5 heteroatoms. The maximum Gasteiger partial charge on any atom is 0.254 e. The van der Waals surface area contributed by atoms with Gasteiger partial charge in [-0.05, 0) is 37.0 Å². The van der Waals surface area contributed by atoms with Crippen LogP contribution in [0.15, 0.2) is 18.2 Å². The van der Waals surface area contributed by atoms with Gasteiger partial charge in [-0.2, -0.15) is 0 Å². The number of hydrogen-bond donors (Lipinski definition) is 2. The average Bonchev–Trinajstić information content (AvgIpc) is 3.09. The van der Waals surface area contributed by atoms with E-state index < -0.39 is 0 Å². The first-order chi connectivity index (χ1) is 10.1. The van der Waals surface area contributed by atoms with Gasteiger partial charge >= 0.3 is 0 Å². The monoisotopic (exact) mass is 285 g/mol. The Bertz CT molecular complexity index is 628. The molecule has 3 atom stereocenters. The van der Waals surface area contributed by atoms with Gasteiger partial charge in [0.25, 0.3) is 5.91 Å². The van der Waals surface area contributed by atoms with Gasteiger partial charge in [-0.1, -0.05) is 6.07 Å². The van der Waals surface area contributed by atoms with Crippen LogP contribution in [0.4, 0.5) is 5.69 Å². The maximum atomic E-state index is 12.9. The minimum absolute atomic E-state index is 0.00389. The first kappa shape index (κ1) is 12.8. The zero-order valence-electron chi connectivity index (χ0n) is 12.1. The van der Waals surface area contributed by atoms with E-state index in [1.165, 1.54) is 0 Å². The van der Waals surface area contributed by atoms with Crippen LogP contribution in [-0.2, 0) is 11.2 Å². The fraction of sp³-hybridized carbons (Fsp3) is 0.500. The molecule has 3 aliphatic rings. The molecule has 0 radical (unpaired) electrons. The number of benzene rings is 1. The molecule has 5 nitrogen and oxygen atoms in total. The lowest BCUT2D eigenvalue weighted by atomic mass is 10.0. The topological polar surface area (TPSA) is 61.4 Å². The summed E-state index contributed by atoms with van der Waals surface area (Å²) in [6.07, 6.45) is 1.49. The van der Waals surface area contributed by atoms with E-state index in [1.807, 2.05) is 23.1 Å². The lowest BCUT2D eigenvalue weighted by Crippen LogP contribution is -2.42. The van der Waals surface area contributed by atoms with Crippen LogP contribution in [0.25, 0.3) is 0 Å². The molecule has 0 aromatic heterocycles. The van der Waals surface area contributed by atoms with Crippen LogP contribution in [-0.4, -0.2) is 41.9 Å². The van der Waals surface area contributed by atoms with Gasteiger partial charge in [0.1, 0.15) is 0 Å². The first-order valence-electron chi connectivity index (χ1n) is 7.59. The molecular formula is C16H19N3O2. The molecule has 0 spiro atoms. The van der Waals surface area contributed by atoms with Crippen LogP contribution in [0.3, 0.4) is 0 Å². The van der Waals surface area contributed by atoms with E-state index in [2.05, 4.69) is 17.6 Å². The molecule has 110 valence electrons. The SMILES string of the molecule is CC1CC2CNCC2N1C(=O)c1ccc2c(c1)NC(=O)C2. The third kappa shape index (κ3) is 1.95. The van der Waals surface area contributed by atoms with Crippen LogP contribution in [0.5, 0.6) is 0 Å². The van der Waals surface area contributed by atoms with Crippen molar-refractivity contribution in [2.24, 2.45) is 5.92 Å². The van der Waals surface area contributed by atoms with Gasteiger partial charge in [0.05, 0.1) is 6.42 Å². The Kier molecular flexibility index (Phi) is 2.79. The number of likely N-dealkylation sites (tertiary alicyclic amines) is 1.